The van der Waals surface area contributed by atoms with Gasteiger partial charge in [-0.2, -0.15) is 0 Å². The van der Waals surface area contributed by atoms with Crippen molar-refractivity contribution < 1.29 is 19.1 Å². The summed E-state index contributed by atoms with van der Waals surface area (Å²) in [6.45, 7) is 16.5. The molecule has 0 amide bonds. The van der Waals surface area contributed by atoms with Gasteiger partial charge in [0.15, 0.2) is 0 Å². The van der Waals surface area contributed by atoms with Crippen molar-refractivity contribution in [3.8, 4) is 0 Å². The maximum Gasteiger partial charge on any atom is 0.338 e. The quantitative estimate of drug-likeness (QED) is 0.720. The highest BCUT2D eigenvalue weighted by Crippen LogP contribution is 2.61. The first-order valence-corrected chi connectivity index (χ1v) is 7.88. The molecule has 130 valence electrons. The third kappa shape index (κ3) is 2.52. The van der Waals surface area contributed by atoms with Gasteiger partial charge in [0, 0.05) is 5.41 Å². The van der Waals surface area contributed by atoms with Crippen LogP contribution >= 0.6 is 0 Å². The van der Waals surface area contributed by atoms with E-state index in [4.69, 9.17) is 9.47 Å². The summed E-state index contributed by atoms with van der Waals surface area (Å²) in [6, 6.07) is 0. The number of ether oxygens (including phenoxy) is 2. The van der Waals surface area contributed by atoms with Crippen LogP contribution in [0.4, 0.5) is 0 Å². The molecule has 1 aliphatic carbocycles. The fourth-order valence-electron chi connectivity index (χ4n) is 3.54. The smallest absolute Gasteiger partial charge is 0.338 e. The number of esters is 2. The summed E-state index contributed by atoms with van der Waals surface area (Å²) in [7, 11) is 2.68. The van der Waals surface area contributed by atoms with Crippen LogP contribution in [0.25, 0.3) is 0 Å². The summed E-state index contributed by atoms with van der Waals surface area (Å²) in [6.07, 6.45) is 0. The lowest BCUT2D eigenvalue weighted by Gasteiger charge is -2.52. The molecule has 0 heterocycles. The Morgan fingerprint density at radius 2 is 1.22 bits per heavy atom. The van der Waals surface area contributed by atoms with E-state index in [1.807, 2.05) is 27.7 Å². The Balaban J connectivity index is 4.05. The van der Waals surface area contributed by atoms with Crippen LogP contribution in [0.5, 0.6) is 0 Å². The van der Waals surface area contributed by atoms with Crippen molar-refractivity contribution in [2.75, 3.05) is 14.2 Å². The summed E-state index contributed by atoms with van der Waals surface area (Å²) in [5.74, 6) is -0.975. The van der Waals surface area contributed by atoms with Crippen molar-refractivity contribution in [3.05, 3.63) is 22.3 Å². The molecule has 0 saturated carbocycles. The zero-order chi connectivity index (χ0) is 18.4. The van der Waals surface area contributed by atoms with Gasteiger partial charge in [-0.15, -0.1) is 0 Å². The van der Waals surface area contributed by atoms with E-state index in [1.54, 1.807) is 0 Å². The number of methoxy groups -OCH3 is 2. The van der Waals surface area contributed by atoms with Gasteiger partial charge in [0.2, 0.25) is 0 Å². The number of carbonyl (C=O) groups is 2. The predicted molar refractivity (Wildman–Crippen MR) is 90.8 cm³/mol. The maximum absolute atomic E-state index is 12.6. The highest BCUT2D eigenvalue weighted by molar-refractivity contribution is 6.04. The van der Waals surface area contributed by atoms with Crippen molar-refractivity contribution >= 4 is 11.9 Å². The molecule has 0 spiro atoms. The van der Waals surface area contributed by atoms with Crippen molar-refractivity contribution in [1.29, 1.82) is 0 Å². The summed E-state index contributed by atoms with van der Waals surface area (Å²) >= 11 is 0. The van der Waals surface area contributed by atoms with Gasteiger partial charge in [0.05, 0.1) is 25.4 Å². The highest BCUT2D eigenvalue weighted by Gasteiger charge is 2.55. The summed E-state index contributed by atoms with van der Waals surface area (Å²) in [5, 5.41) is 0. The van der Waals surface area contributed by atoms with Crippen molar-refractivity contribution in [3.63, 3.8) is 0 Å². The molecule has 1 aliphatic rings. The number of hydrogen-bond donors (Lipinski definition) is 0. The second-order valence-corrected chi connectivity index (χ2v) is 7.86. The minimum absolute atomic E-state index is 0.227. The molecular formula is C19H30O4. The topological polar surface area (TPSA) is 52.6 Å². The molecule has 0 saturated heterocycles. The average molecular weight is 322 g/mol. The zero-order valence-corrected chi connectivity index (χ0v) is 16.1. The van der Waals surface area contributed by atoms with Crippen molar-refractivity contribution in [2.24, 2.45) is 16.2 Å². The molecule has 1 rings (SSSR count). The molecule has 0 aromatic rings. The van der Waals surface area contributed by atoms with Crippen LogP contribution in [0.2, 0.25) is 0 Å². The minimum Gasteiger partial charge on any atom is -0.466 e. The van der Waals surface area contributed by atoms with Crippen LogP contribution in [-0.4, -0.2) is 26.2 Å². The second-order valence-electron chi connectivity index (χ2n) is 7.86. The lowest BCUT2D eigenvalue weighted by atomic mass is 9.51. The number of carbonyl (C=O) groups excluding carboxylic acids is 2. The fraction of sp³-hybridized carbons (Fsp3) is 0.684. The Morgan fingerprint density at radius 3 is 1.61 bits per heavy atom. The van der Waals surface area contributed by atoms with Crippen LogP contribution in [0.1, 0.15) is 55.4 Å². The zero-order valence-electron chi connectivity index (χ0n) is 16.1. The molecule has 0 unspecified atom stereocenters. The average Bonchev–Trinajstić information content (AvgIpc) is 2.50. The first-order chi connectivity index (χ1) is 10.3. The number of rotatable bonds is 2. The van der Waals surface area contributed by atoms with Gasteiger partial charge >= 0.3 is 11.9 Å². The second kappa shape index (κ2) is 5.81. The Labute approximate surface area is 139 Å². The third-order valence-electron chi connectivity index (χ3n) is 6.65. The van der Waals surface area contributed by atoms with E-state index in [2.05, 4.69) is 27.7 Å². The van der Waals surface area contributed by atoms with Crippen LogP contribution in [0.3, 0.4) is 0 Å². The van der Waals surface area contributed by atoms with Crippen molar-refractivity contribution in [2.45, 2.75) is 55.4 Å². The monoisotopic (exact) mass is 322 g/mol. The van der Waals surface area contributed by atoms with E-state index in [0.717, 1.165) is 11.1 Å². The van der Waals surface area contributed by atoms with Crippen LogP contribution < -0.4 is 0 Å². The first kappa shape index (κ1) is 19.5. The van der Waals surface area contributed by atoms with E-state index in [0.29, 0.717) is 11.1 Å². The first-order valence-electron chi connectivity index (χ1n) is 7.88. The number of hydrogen-bond acceptors (Lipinski definition) is 4. The normalized spacial score (nSPS) is 22.5. The van der Waals surface area contributed by atoms with Gasteiger partial charge in [-0.25, -0.2) is 9.59 Å². The van der Waals surface area contributed by atoms with Gasteiger partial charge in [-0.1, -0.05) is 47.1 Å². The SMILES string of the molecule is COC(=O)C1=C(C(=O)OC)C(C)(C)C(C)(C)C(C)(C)C(C)=C1C. The maximum atomic E-state index is 12.6. The van der Waals surface area contributed by atoms with E-state index in [1.165, 1.54) is 14.2 Å². The van der Waals surface area contributed by atoms with Crippen LogP contribution in [0.15, 0.2) is 22.3 Å². The highest BCUT2D eigenvalue weighted by atomic mass is 16.5. The summed E-state index contributed by atoms with van der Waals surface area (Å²) < 4.78 is 10.0. The lowest BCUT2D eigenvalue weighted by molar-refractivity contribution is -0.141. The van der Waals surface area contributed by atoms with Gasteiger partial charge < -0.3 is 9.47 Å². The van der Waals surface area contributed by atoms with Gasteiger partial charge in [0.1, 0.15) is 0 Å². The van der Waals surface area contributed by atoms with Gasteiger partial charge in [-0.05, 0) is 30.3 Å². The number of allylic oxidation sites excluding steroid dienone is 1. The Morgan fingerprint density at radius 1 is 0.783 bits per heavy atom. The fourth-order valence-corrected chi connectivity index (χ4v) is 3.54. The molecule has 0 radical (unpaired) electrons. The summed E-state index contributed by atoms with van der Waals surface area (Å²) in [5.41, 5.74) is 1.47. The lowest BCUT2D eigenvalue weighted by Crippen LogP contribution is -2.47. The molecule has 0 N–H and O–H groups in total. The summed E-state index contributed by atoms with van der Waals surface area (Å²) in [4.78, 5) is 25.1. The molecule has 23 heavy (non-hydrogen) atoms. The van der Waals surface area contributed by atoms with E-state index in [-0.39, 0.29) is 10.8 Å². The largest absolute Gasteiger partial charge is 0.466 e. The van der Waals surface area contributed by atoms with Crippen LogP contribution in [0, 0.1) is 16.2 Å². The molecule has 0 bridgehead atoms. The van der Waals surface area contributed by atoms with E-state index < -0.39 is 17.4 Å². The van der Waals surface area contributed by atoms with E-state index >= 15 is 0 Å². The Bertz CT molecular complexity index is 601. The van der Waals surface area contributed by atoms with Crippen LogP contribution in [-0.2, 0) is 19.1 Å². The predicted octanol–water partition coefficient (Wildman–Crippen LogP) is 4.06. The molecule has 0 fully saturated rings. The third-order valence-corrected chi connectivity index (χ3v) is 6.65. The molecular weight excluding hydrogens is 292 g/mol. The standard InChI is InChI=1S/C19H30O4/c1-11-12(2)17(3,4)19(7,8)18(5,6)14(16(21)23-10)13(11)15(20)22-9/h1-10H3. The minimum atomic E-state index is -0.591. The molecule has 0 atom stereocenters. The van der Waals surface area contributed by atoms with Crippen molar-refractivity contribution in [1.82, 2.24) is 0 Å². The molecule has 0 aliphatic heterocycles. The van der Waals surface area contributed by atoms with Gasteiger partial charge in [0.25, 0.3) is 0 Å². The Kier molecular flexibility index (Phi) is 4.91. The molecule has 4 nitrogen and oxygen atoms in total. The molecule has 0 aromatic carbocycles. The molecule has 4 heteroatoms. The van der Waals surface area contributed by atoms with Gasteiger partial charge in [-0.3, -0.25) is 0 Å². The van der Waals surface area contributed by atoms with E-state index in [9.17, 15) is 9.59 Å². The Hall–Kier alpha value is -1.58. The molecule has 0 aromatic heterocycles.